The highest BCUT2D eigenvalue weighted by Crippen LogP contribution is 2.25. The third-order valence-corrected chi connectivity index (χ3v) is 4.26. The SMILES string of the molecule is O=C(Cc1cc(F)ccc1Br)c1ccc(Cl)cc1Br. The zero-order valence-electron chi connectivity index (χ0n) is 9.59. The molecule has 1 nitrogen and oxygen atoms in total. The number of carbonyl (C=O) groups is 1. The van der Waals surface area contributed by atoms with Gasteiger partial charge in [-0.3, -0.25) is 4.79 Å². The molecule has 0 saturated carbocycles. The zero-order chi connectivity index (χ0) is 14.0. The lowest BCUT2D eigenvalue weighted by molar-refractivity contribution is 0.0992. The Labute approximate surface area is 132 Å². The van der Waals surface area contributed by atoms with Crippen molar-refractivity contribution in [2.75, 3.05) is 0 Å². The smallest absolute Gasteiger partial charge is 0.168 e. The van der Waals surface area contributed by atoms with Crippen molar-refractivity contribution >= 4 is 49.2 Å². The molecule has 0 aliphatic heterocycles. The van der Waals surface area contributed by atoms with Crippen molar-refractivity contribution in [1.82, 2.24) is 0 Å². The van der Waals surface area contributed by atoms with Gasteiger partial charge in [0.05, 0.1) is 0 Å². The molecule has 0 heterocycles. The van der Waals surface area contributed by atoms with E-state index in [-0.39, 0.29) is 18.0 Å². The Balaban J connectivity index is 2.28. The summed E-state index contributed by atoms with van der Waals surface area (Å²) in [6.07, 6.45) is 0.124. The molecule has 2 aromatic carbocycles. The summed E-state index contributed by atoms with van der Waals surface area (Å²) >= 11 is 12.4. The molecule has 0 saturated heterocycles. The number of Topliss-reactive ketones (excluding diaryl/α,β-unsaturated/α-hetero) is 1. The van der Waals surface area contributed by atoms with Crippen molar-refractivity contribution in [1.29, 1.82) is 0 Å². The van der Waals surface area contributed by atoms with Gasteiger partial charge in [-0.05, 0) is 57.9 Å². The summed E-state index contributed by atoms with van der Waals surface area (Å²) in [6.45, 7) is 0. The highest BCUT2D eigenvalue weighted by molar-refractivity contribution is 9.10. The third kappa shape index (κ3) is 3.65. The molecule has 0 aliphatic carbocycles. The van der Waals surface area contributed by atoms with Crippen LogP contribution in [0.2, 0.25) is 5.02 Å². The number of halogens is 4. The predicted octanol–water partition coefficient (Wildman–Crippen LogP) is 5.43. The number of ketones is 1. The second kappa shape index (κ2) is 6.16. The molecule has 98 valence electrons. The van der Waals surface area contributed by atoms with E-state index in [9.17, 15) is 9.18 Å². The molecule has 0 amide bonds. The van der Waals surface area contributed by atoms with Crippen LogP contribution in [0.3, 0.4) is 0 Å². The summed E-state index contributed by atoms with van der Waals surface area (Å²) in [5.74, 6) is -0.462. The highest BCUT2D eigenvalue weighted by atomic mass is 79.9. The van der Waals surface area contributed by atoms with Crippen LogP contribution in [-0.4, -0.2) is 5.78 Å². The predicted molar refractivity (Wildman–Crippen MR) is 81.3 cm³/mol. The largest absolute Gasteiger partial charge is 0.294 e. The van der Waals surface area contributed by atoms with Crippen molar-refractivity contribution < 1.29 is 9.18 Å². The molecule has 19 heavy (non-hydrogen) atoms. The number of carbonyl (C=O) groups excluding carboxylic acids is 1. The van der Waals surface area contributed by atoms with Crippen LogP contribution in [0.4, 0.5) is 4.39 Å². The average Bonchev–Trinajstić information content (AvgIpc) is 2.33. The van der Waals surface area contributed by atoms with E-state index in [1.54, 1.807) is 24.3 Å². The fourth-order valence-electron chi connectivity index (χ4n) is 1.66. The van der Waals surface area contributed by atoms with E-state index in [0.717, 1.165) is 0 Å². The quantitative estimate of drug-likeness (QED) is 0.621. The van der Waals surface area contributed by atoms with E-state index in [0.29, 0.717) is 25.1 Å². The standard InChI is InChI=1S/C14H8Br2ClFO/c15-12-4-2-10(18)5-8(12)6-14(19)11-3-1-9(17)7-13(11)16/h1-5,7H,6H2. The van der Waals surface area contributed by atoms with Crippen LogP contribution in [0.25, 0.3) is 0 Å². The molecule has 0 radical (unpaired) electrons. The minimum absolute atomic E-state index is 0.102. The summed E-state index contributed by atoms with van der Waals surface area (Å²) < 4.78 is 14.5. The Hall–Kier alpha value is -0.710. The molecule has 2 aromatic rings. The second-order valence-corrected chi connectivity index (χ2v) is 6.10. The second-order valence-electron chi connectivity index (χ2n) is 3.96. The fourth-order valence-corrected chi connectivity index (χ4v) is 2.95. The molecule has 0 atom stereocenters. The van der Waals surface area contributed by atoms with Gasteiger partial charge in [0.1, 0.15) is 5.82 Å². The first kappa shape index (κ1) is 14.7. The summed E-state index contributed by atoms with van der Waals surface area (Å²) in [7, 11) is 0. The van der Waals surface area contributed by atoms with Crippen molar-refractivity contribution in [2.24, 2.45) is 0 Å². The van der Waals surface area contributed by atoms with Gasteiger partial charge >= 0.3 is 0 Å². The first-order valence-electron chi connectivity index (χ1n) is 5.39. The minimum atomic E-state index is -0.360. The van der Waals surface area contributed by atoms with Gasteiger partial charge in [0.25, 0.3) is 0 Å². The summed E-state index contributed by atoms with van der Waals surface area (Å²) in [5.41, 5.74) is 1.15. The lowest BCUT2D eigenvalue weighted by atomic mass is 10.0. The van der Waals surface area contributed by atoms with E-state index < -0.39 is 0 Å². The first-order valence-corrected chi connectivity index (χ1v) is 7.36. The first-order chi connectivity index (χ1) is 8.97. The van der Waals surface area contributed by atoms with Gasteiger partial charge < -0.3 is 0 Å². The molecule has 0 N–H and O–H groups in total. The van der Waals surface area contributed by atoms with Gasteiger partial charge in [-0.25, -0.2) is 4.39 Å². The van der Waals surface area contributed by atoms with Crippen molar-refractivity contribution in [3.05, 3.63) is 67.3 Å². The van der Waals surface area contributed by atoms with Gasteiger partial charge in [0.15, 0.2) is 5.78 Å². The monoisotopic (exact) mass is 404 g/mol. The van der Waals surface area contributed by atoms with Crippen molar-refractivity contribution in [2.45, 2.75) is 6.42 Å². The van der Waals surface area contributed by atoms with Gasteiger partial charge in [0.2, 0.25) is 0 Å². The van der Waals surface area contributed by atoms with E-state index in [2.05, 4.69) is 31.9 Å². The number of hydrogen-bond donors (Lipinski definition) is 0. The van der Waals surface area contributed by atoms with Crippen LogP contribution in [0.15, 0.2) is 45.3 Å². The van der Waals surface area contributed by atoms with Crippen LogP contribution in [0.5, 0.6) is 0 Å². The molecule has 2 rings (SSSR count). The van der Waals surface area contributed by atoms with Crippen molar-refractivity contribution in [3.8, 4) is 0 Å². The molecule has 0 aromatic heterocycles. The van der Waals surface area contributed by atoms with Crippen molar-refractivity contribution in [3.63, 3.8) is 0 Å². The van der Waals surface area contributed by atoms with E-state index in [4.69, 9.17) is 11.6 Å². The Bertz CT molecular complexity index is 643. The fraction of sp³-hybridized carbons (Fsp3) is 0.0714. The van der Waals surface area contributed by atoms with E-state index in [1.807, 2.05) is 0 Å². The van der Waals surface area contributed by atoms with Crippen LogP contribution in [0, 0.1) is 5.82 Å². The van der Waals surface area contributed by atoms with Crippen LogP contribution in [0.1, 0.15) is 15.9 Å². The molecular formula is C14H8Br2ClFO. The molecule has 0 bridgehead atoms. The van der Waals surface area contributed by atoms with Gasteiger partial charge in [-0.15, -0.1) is 0 Å². The number of hydrogen-bond acceptors (Lipinski definition) is 1. The lowest BCUT2D eigenvalue weighted by Gasteiger charge is -2.06. The summed E-state index contributed by atoms with van der Waals surface area (Å²) in [5, 5.41) is 0.551. The maximum atomic E-state index is 13.2. The average molecular weight is 406 g/mol. The molecular weight excluding hydrogens is 398 g/mol. The van der Waals surface area contributed by atoms with Gasteiger partial charge in [0, 0.05) is 26.0 Å². The Kier molecular flexibility index (Phi) is 4.76. The van der Waals surface area contributed by atoms with Gasteiger partial charge in [-0.2, -0.15) is 0 Å². The maximum Gasteiger partial charge on any atom is 0.168 e. The highest BCUT2D eigenvalue weighted by Gasteiger charge is 2.13. The van der Waals surface area contributed by atoms with E-state index >= 15 is 0 Å². The number of rotatable bonds is 3. The van der Waals surface area contributed by atoms with Crippen LogP contribution >= 0.6 is 43.5 Å². The Morgan fingerprint density at radius 2 is 1.84 bits per heavy atom. The van der Waals surface area contributed by atoms with E-state index in [1.165, 1.54) is 12.1 Å². The summed E-state index contributed by atoms with van der Waals surface area (Å²) in [4.78, 5) is 12.2. The normalized spacial score (nSPS) is 10.5. The Morgan fingerprint density at radius 1 is 1.11 bits per heavy atom. The molecule has 0 aliphatic rings. The zero-order valence-corrected chi connectivity index (χ0v) is 13.5. The summed E-state index contributed by atoms with van der Waals surface area (Å²) in [6, 6.07) is 9.26. The molecule has 0 spiro atoms. The van der Waals surface area contributed by atoms with Crippen LogP contribution < -0.4 is 0 Å². The Morgan fingerprint density at radius 3 is 2.53 bits per heavy atom. The maximum absolute atomic E-state index is 13.2. The lowest BCUT2D eigenvalue weighted by Crippen LogP contribution is -2.05. The number of benzene rings is 2. The molecule has 0 fully saturated rings. The van der Waals surface area contributed by atoms with Gasteiger partial charge in [-0.1, -0.05) is 27.5 Å². The van der Waals surface area contributed by atoms with Crippen LogP contribution in [-0.2, 0) is 6.42 Å². The topological polar surface area (TPSA) is 17.1 Å². The molecule has 0 unspecified atom stereocenters. The molecule has 5 heteroatoms. The third-order valence-electron chi connectivity index (χ3n) is 2.59. The minimum Gasteiger partial charge on any atom is -0.294 e.